The zero-order valence-electron chi connectivity index (χ0n) is 14.8. The number of hydrogen-bond acceptors (Lipinski definition) is 5. The number of methoxy groups -OCH3 is 1. The molecule has 3 rings (SSSR count). The Labute approximate surface area is 151 Å². The number of anilines is 1. The molecule has 0 unspecified atom stereocenters. The predicted molar refractivity (Wildman–Crippen MR) is 92.6 cm³/mol. The SMILES string of the molecule is COc1ccc(N2C(=O)C(=O)N(CC(=O)N3CCCC[C@H]3C)C2=O)cc1. The number of hydrogen-bond donors (Lipinski definition) is 0. The number of carbonyl (C=O) groups is 4. The van der Waals surface area contributed by atoms with Gasteiger partial charge in [-0.3, -0.25) is 14.4 Å². The van der Waals surface area contributed by atoms with Crippen molar-refractivity contribution in [3.05, 3.63) is 24.3 Å². The van der Waals surface area contributed by atoms with E-state index in [-0.39, 0.29) is 17.6 Å². The van der Waals surface area contributed by atoms with Crippen LogP contribution in [0.5, 0.6) is 5.75 Å². The van der Waals surface area contributed by atoms with Crippen molar-refractivity contribution in [3.63, 3.8) is 0 Å². The van der Waals surface area contributed by atoms with E-state index in [4.69, 9.17) is 4.74 Å². The van der Waals surface area contributed by atoms with Crippen LogP contribution in [0.3, 0.4) is 0 Å². The van der Waals surface area contributed by atoms with Crippen LogP contribution in [0.25, 0.3) is 0 Å². The molecule has 1 aromatic carbocycles. The molecule has 0 radical (unpaired) electrons. The Kier molecular flexibility index (Phi) is 4.92. The van der Waals surface area contributed by atoms with Crippen LogP contribution in [0, 0.1) is 0 Å². The molecule has 2 saturated heterocycles. The van der Waals surface area contributed by atoms with E-state index in [1.54, 1.807) is 17.0 Å². The lowest BCUT2D eigenvalue weighted by molar-refractivity contribution is -0.143. The summed E-state index contributed by atoms with van der Waals surface area (Å²) in [4.78, 5) is 52.8. The van der Waals surface area contributed by atoms with Crippen LogP contribution in [0.4, 0.5) is 10.5 Å². The third kappa shape index (κ3) is 3.14. The van der Waals surface area contributed by atoms with Crippen molar-refractivity contribution in [1.29, 1.82) is 0 Å². The average Bonchev–Trinajstić information content (AvgIpc) is 2.85. The molecule has 8 heteroatoms. The summed E-state index contributed by atoms with van der Waals surface area (Å²) < 4.78 is 5.04. The van der Waals surface area contributed by atoms with Gasteiger partial charge in [-0.1, -0.05) is 0 Å². The van der Waals surface area contributed by atoms with Gasteiger partial charge in [0, 0.05) is 12.6 Å². The van der Waals surface area contributed by atoms with E-state index in [1.807, 2.05) is 6.92 Å². The number of amides is 5. The van der Waals surface area contributed by atoms with Crippen molar-refractivity contribution < 1.29 is 23.9 Å². The first-order valence-corrected chi connectivity index (χ1v) is 8.57. The molecule has 1 atom stereocenters. The minimum atomic E-state index is -0.983. The number of imide groups is 2. The van der Waals surface area contributed by atoms with Gasteiger partial charge < -0.3 is 9.64 Å². The molecule has 0 spiro atoms. The summed E-state index contributed by atoms with van der Waals surface area (Å²) in [6, 6.07) is 5.47. The first-order valence-electron chi connectivity index (χ1n) is 8.57. The zero-order chi connectivity index (χ0) is 18.8. The van der Waals surface area contributed by atoms with Crippen molar-refractivity contribution in [2.45, 2.75) is 32.2 Å². The van der Waals surface area contributed by atoms with E-state index < -0.39 is 24.4 Å². The lowest BCUT2D eigenvalue weighted by Crippen LogP contribution is -2.48. The zero-order valence-corrected chi connectivity index (χ0v) is 14.8. The maximum Gasteiger partial charge on any atom is 0.339 e. The second-order valence-corrected chi connectivity index (χ2v) is 6.44. The van der Waals surface area contributed by atoms with E-state index >= 15 is 0 Å². The van der Waals surface area contributed by atoms with E-state index in [0.29, 0.717) is 12.3 Å². The molecule has 0 aromatic heterocycles. The number of likely N-dealkylation sites (tertiary alicyclic amines) is 1. The summed E-state index contributed by atoms with van der Waals surface area (Å²) >= 11 is 0. The lowest BCUT2D eigenvalue weighted by Gasteiger charge is -2.34. The molecule has 2 aliphatic heterocycles. The standard InChI is InChI=1S/C18H21N3O5/c1-12-5-3-4-10-19(12)15(22)11-20-16(23)17(24)21(18(20)25)13-6-8-14(26-2)9-7-13/h6-9,12H,3-5,10-11H2,1-2H3/t12-/m1/s1. The van der Waals surface area contributed by atoms with Crippen molar-refractivity contribution >= 4 is 29.4 Å². The van der Waals surface area contributed by atoms with Crippen molar-refractivity contribution in [2.75, 3.05) is 25.1 Å². The molecule has 5 amide bonds. The molecule has 138 valence electrons. The second kappa shape index (κ2) is 7.15. The van der Waals surface area contributed by atoms with Gasteiger partial charge in [-0.25, -0.2) is 14.6 Å². The molecule has 0 aliphatic carbocycles. The number of ether oxygens (including phenoxy) is 1. The molecule has 0 bridgehead atoms. The summed E-state index contributed by atoms with van der Waals surface area (Å²) in [5.41, 5.74) is 0.260. The maximum atomic E-state index is 12.6. The molecule has 2 aliphatic rings. The average molecular weight is 359 g/mol. The van der Waals surface area contributed by atoms with E-state index in [0.717, 1.165) is 29.1 Å². The van der Waals surface area contributed by atoms with Gasteiger partial charge in [0.15, 0.2) is 0 Å². The molecule has 0 saturated carbocycles. The number of benzene rings is 1. The molecule has 0 N–H and O–H groups in total. The number of nitrogens with zero attached hydrogens (tertiary/aromatic N) is 3. The Hall–Kier alpha value is -2.90. The fraction of sp³-hybridized carbons (Fsp3) is 0.444. The third-order valence-electron chi connectivity index (χ3n) is 4.80. The Balaban J connectivity index is 1.76. The van der Waals surface area contributed by atoms with Gasteiger partial charge in [-0.05, 0) is 50.5 Å². The van der Waals surface area contributed by atoms with E-state index in [2.05, 4.69) is 0 Å². The molecule has 2 fully saturated rings. The monoisotopic (exact) mass is 359 g/mol. The Bertz CT molecular complexity index is 746. The third-order valence-corrected chi connectivity index (χ3v) is 4.80. The largest absolute Gasteiger partial charge is 0.497 e. The van der Waals surface area contributed by atoms with Crippen molar-refractivity contribution in [1.82, 2.24) is 9.80 Å². The summed E-state index contributed by atoms with van der Waals surface area (Å²) in [6.45, 7) is 2.13. The van der Waals surface area contributed by atoms with Crippen LogP contribution in [0.15, 0.2) is 24.3 Å². The Morgan fingerprint density at radius 3 is 2.42 bits per heavy atom. The highest BCUT2D eigenvalue weighted by Crippen LogP contribution is 2.25. The quantitative estimate of drug-likeness (QED) is 0.599. The second-order valence-electron chi connectivity index (χ2n) is 6.44. The smallest absolute Gasteiger partial charge is 0.339 e. The molecule has 8 nitrogen and oxygen atoms in total. The van der Waals surface area contributed by atoms with Crippen LogP contribution in [-0.2, 0) is 14.4 Å². The molecule has 2 heterocycles. The van der Waals surface area contributed by atoms with Gasteiger partial charge in [0.05, 0.1) is 12.8 Å². The highest BCUT2D eigenvalue weighted by Gasteiger charge is 2.46. The van der Waals surface area contributed by atoms with E-state index in [1.165, 1.54) is 19.2 Å². The van der Waals surface area contributed by atoms with Crippen LogP contribution in [0.1, 0.15) is 26.2 Å². The molecule has 26 heavy (non-hydrogen) atoms. The van der Waals surface area contributed by atoms with Gasteiger partial charge in [-0.15, -0.1) is 0 Å². The highest BCUT2D eigenvalue weighted by atomic mass is 16.5. The van der Waals surface area contributed by atoms with Gasteiger partial charge in [-0.2, -0.15) is 0 Å². The first-order chi connectivity index (χ1) is 12.4. The first kappa shape index (κ1) is 17.9. The molecular formula is C18H21N3O5. The number of piperidine rings is 1. The van der Waals surface area contributed by atoms with Crippen LogP contribution in [-0.4, -0.2) is 59.8 Å². The number of urea groups is 1. The minimum absolute atomic E-state index is 0.0671. The normalized spacial score (nSPS) is 20.8. The van der Waals surface area contributed by atoms with E-state index in [9.17, 15) is 19.2 Å². The fourth-order valence-corrected chi connectivity index (χ4v) is 3.30. The number of rotatable bonds is 4. The van der Waals surface area contributed by atoms with Crippen LogP contribution >= 0.6 is 0 Å². The van der Waals surface area contributed by atoms with Gasteiger partial charge >= 0.3 is 17.8 Å². The van der Waals surface area contributed by atoms with Crippen LogP contribution in [0.2, 0.25) is 0 Å². The van der Waals surface area contributed by atoms with Crippen molar-refractivity contribution in [3.8, 4) is 5.75 Å². The van der Waals surface area contributed by atoms with Crippen LogP contribution < -0.4 is 9.64 Å². The van der Waals surface area contributed by atoms with Gasteiger partial charge in [0.25, 0.3) is 0 Å². The predicted octanol–water partition coefficient (Wildman–Crippen LogP) is 1.39. The highest BCUT2D eigenvalue weighted by molar-refractivity contribution is 6.53. The molecular weight excluding hydrogens is 338 g/mol. The van der Waals surface area contributed by atoms with Gasteiger partial charge in [0.2, 0.25) is 5.91 Å². The van der Waals surface area contributed by atoms with Crippen molar-refractivity contribution in [2.24, 2.45) is 0 Å². The summed E-state index contributed by atoms with van der Waals surface area (Å²) in [7, 11) is 1.50. The Morgan fingerprint density at radius 2 is 1.81 bits per heavy atom. The summed E-state index contributed by atoms with van der Waals surface area (Å²) in [5.74, 6) is -1.70. The number of carbonyl (C=O) groups excluding carboxylic acids is 4. The topological polar surface area (TPSA) is 87.2 Å². The Morgan fingerprint density at radius 1 is 1.12 bits per heavy atom. The fourth-order valence-electron chi connectivity index (χ4n) is 3.30. The lowest BCUT2D eigenvalue weighted by atomic mass is 10.0. The van der Waals surface area contributed by atoms with Gasteiger partial charge in [0.1, 0.15) is 12.3 Å². The summed E-state index contributed by atoms with van der Waals surface area (Å²) in [5, 5.41) is 0. The molecule has 1 aromatic rings. The minimum Gasteiger partial charge on any atom is -0.497 e. The maximum absolute atomic E-state index is 12.6. The summed E-state index contributed by atoms with van der Waals surface area (Å²) in [6.07, 6.45) is 2.84.